The molecule has 0 unspecified atom stereocenters. The van der Waals surface area contributed by atoms with Gasteiger partial charge in [-0.1, -0.05) is 69.3 Å². The van der Waals surface area contributed by atoms with E-state index in [2.05, 4.69) is 41.4 Å². The summed E-state index contributed by atoms with van der Waals surface area (Å²) in [6.45, 7) is 6.22. The third-order valence-electron chi connectivity index (χ3n) is 6.78. The Balaban J connectivity index is 1.47. The summed E-state index contributed by atoms with van der Waals surface area (Å²) < 4.78 is 0. The molecule has 0 radical (unpaired) electrons. The van der Waals surface area contributed by atoms with Crippen LogP contribution in [0.1, 0.15) is 48.7 Å². The van der Waals surface area contributed by atoms with Crippen molar-refractivity contribution in [3.05, 3.63) is 102 Å². The zero-order valence-electron chi connectivity index (χ0n) is 23.8. The second-order valence-corrected chi connectivity index (χ2v) is 11.0. The lowest BCUT2D eigenvalue weighted by molar-refractivity contribution is -0.137. The van der Waals surface area contributed by atoms with Crippen molar-refractivity contribution in [2.24, 2.45) is 0 Å². The number of amides is 2. The molecule has 4 aromatic rings. The number of aromatic nitrogens is 2. The monoisotopic (exact) mass is 566 g/mol. The molecule has 1 aromatic heterocycles. The van der Waals surface area contributed by atoms with Gasteiger partial charge in [0.1, 0.15) is 11.8 Å². The number of rotatable bonds is 10. The number of aromatic hydroxyl groups is 1. The Kier molecular flexibility index (Phi) is 9.32. The fourth-order valence-corrected chi connectivity index (χ4v) is 4.29. The zero-order valence-corrected chi connectivity index (χ0v) is 23.8. The first-order chi connectivity index (χ1) is 20.0. The summed E-state index contributed by atoms with van der Waals surface area (Å²) in [4.78, 5) is 45.9. The van der Waals surface area contributed by atoms with E-state index in [0.717, 1.165) is 27.8 Å². The van der Waals surface area contributed by atoms with Gasteiger partial charge in [-0.15, -0.1) is 0 Å². The fourth-order valence-electron chi connectivity index (χ4n) is 4.29. The van der Waals surface area contributed by atoms with Gasteiger partial charge in [0, 0.05) is 42.0 Å². The van der Waals surface area contributed by atoms with E-state index in [1.807, 2.05) is 36.4 Å². The number of nitrogens with zero attached hydrogens (tertiary/aromatic N) is 2. The predicted molar refractivity (Wildman–Crippen MR) is 160 cm³/mol. The van der Waals surface area contributed by atoms with Gasteiger partial charge < -0.3 is 20.8 Å². The van der Waals surface area contributed by atoms with Crippen LogP contribution in [0, 0.1) is 0 Å². The first-order valence-corrected chi connectivity index (χ1v) is 13.6. The molecule has 4 rings (SSSR count). The Morgan fingerprint density at radius 2 is 1.40 bits per heavy atom. The number of aliphatic carboxylic acids is 1. The Hall–Kier alpha value is -5.05. The van der Waals surface area contributed by atoms with Gasteiger partial charge in [-0.05, 0) is 46.4 Å². The summed E-state index contributed by atoms with van der Waals surface area (Å²) in [5.74, 6) is -1.17. The van der Waals surface area contributed by atoms with E-state index in [9.17, 15) is 19.5 Å². The maximum Gasteiger partial charge on any atom is 0.305 e. The van der Waals surface area contributed by atoms with Crippen LogP contribution in [0.15, 0.2) is 85.2 Å². The van der Waals surface area contributed by atoms with Crippen LogP contribution in [0.4, 0.5) is 0 Å². The topological polar surface area (TPSA) is 142 Å². The standard InChI is InChI=1S/C33H34N4O5/c1-33(2,3)26-12-8-24(9-13-26)31(41)37-28(32(42)34-17-16-29(39)40)18-21-4-6-23(7-5-21)30-35-19-25(20-36-30)22-10-14-27(38)15-11-22/h4-15,19-20,28,38H,16-18H2,1-3H3,(H,34,42)(H,37,41)(H,39,40)/t28-/m0/s1. The van der Waals surface area contributed by atoms with E-state index in [-0.39, 0.29) is 30.6 Å². The van der Waals surface area contributed by atoms with Crippen molar-refractivity contribution in [2.45, 2.75) is 45.1 Å². The minimum Gasteiger partial charge on any atom is -0.508 e. The predicted octanol–water partition coefficient (Wildman–Crippen LogP) is 4.75. The van der Waals surface area contributed by atoms with Gasteiger partial charge in [0.2, 0.25) is 5.91 Å². The second kappa shape index (κ2) is 13.1. The summed E-state index contributed by atoms with van der Waals surface area (Å²) in [6.07, 6.45) is 3.40. The highest BCUT2D eigenvalue weighted by Crippen LogP contribution is 2.24. The van der Waals surface area contributed by atoms with Gasteiger partial charge in [-0.25, -0.2) is 9.97 Å². The molecule has 0 bridgehead atoms. The number of carbonyl (C=O) groups excluding carboxylic acids is 2. The quantitative estimate of drug-likeness (QED) is 0.217. The van der Waals surface area contributed by atoms with Gasteiger partial charge in [-0.3, -0.25) is 14.4 Å². The molecule has 0 aliphatic rings. The van der Waals surface area contributed by atoms with Crippen molar-refractivity contribution >= 4 is 17.8 Å². The van der Waals surface area contributed by atoms with E-state index in [0.29, 0.717) is 11.4 Å². The number of hydrogen-bond acceptors (Lipinski definition) is 6. The Morgan fingerprint density at radius 1 is 0.810 bits per heavy atom. The molecule has 4 N–H and O–H groups in total. The molecule has 216 valence electrons. The number of phenols is 1. The highest BCUT2D eigenvalue weighted by Gasteiger charge is 2.23. The van der Waals surface area contributed by atoms with E-state index in [4.69, 9.17) is 5.11 Å². The second-order valence-electron chi connectivity index (χ2n) is 11.0. The third-order valence-corrected chi connectivity index (χ3v) is 6.78. The molecular weight excluding hydrogens is 532 g/mol. The molecular formula is C33H34N4O5. The van der Waals surface area contributed by atoms with E-state index < -0.39 is 23.8 Å². The van der Waals surface area contributed by atoms with Crippen molar-refractivity contribution in [1.82, 2.24) is 20.6 Å². The van der Waals surface area contributed by atoms with Crippen molar-refractivity contribution in [2.75, 3.05) is 6.54 Å². The molecule has 0 saturated heterocycles. The smallest absolute Gasteiger partial charge is 0.305 e. The minimum atomic E-state index is -1.02. The minimum absolute atomic E-state index is 0.0444. The fraction of sp³-hybridized carbons (Fsp3) is 0.242. The molecule has 0 spiro atoms. The molecule has 1 atom stereocenters. The van der Waals surface area contributed by atoms with Gasteiger partial charge in [-0.2, -0.15) is 0 Å². The van der Waals surface area contributed by atoms with Crippen LogP contribution in [0.3, 0.4) is 0 Å². The maximum absolute atomic E-state index is 13.1. The highest BCUT2D eigenvalue weighted by molar-refractivity contribution is 5.97. The third kappa shape index (κ3) is 8.00. The van der Waals surface area contributed by atoms with Crippen molar-refractivity contribution in [3.8, 4) is 28.3 Å². The molecule has 1 heterocycles. The summed E-state index contributed by atoms with van der Waals surface area (Å²) in [5.41, 5.74) is 4.72. The van der Waals surface area contributed by atoms with E-state index in [1.54, 1.807) is 48.8 Å². The van der Waals surface area contributed by atoms with Crippen molar-refractivity contribution < 1.29 is 24.6 Å². The SMILES string of the molecule is CC(C)(C)c1ccc(C(=O)N[C@@H](Cc2ccc(-c3ncc(-c4ccc(O)cc4)cn3)cc2)C(=O)NCCC(=O)O)cc1. The number of carboxylic acids is 1. The summed E-state index contributed by atoms with van der Waals surface area (Å²) >= 11 is 0. The molecule has 42 heavy (non-hydrogen) atoms. The summed E-state index contributed by atoms with van der Waals surface area (Å²) in [5, 5.41) is 23.9. The van der Waals surface area contributed by atoms with Crippen molar-refractivity contribution in [1.29, 1.82) is 0 Å². The zero-order chi connectivity index (χ0) is 30.3. The van der Waals surface area contributed by atoms with Gasteiger partial charge in [0.15, 0.2) is 5.82 Å². The Bertz CT molecular complexity index is 1530. The Labute approximate surface area is 244 Å². The van der Waals surface area contributed by atoms with Crippen LogP contribution in [0.2, 0.25) is 0 Å². The van der Waals surface area contributed by atoms with Crippen LogP contribution in [-0.2, 0) is 21.4 Å². The van der Waals surface area contributed by atoms with Crippen LogP contribution in [0.5, 0.6) is 5.75 Å². The highest BCUT2D eigenvalue weighted by atomic mass is 16.4. The van der Waals surface area contributed by atoms with Gasteiger partial charge in [0.25, 0.3) is 5.91 Å². The van der Waals surface area contributed by atoms with Crippen LogP contribution in [0.25, 0.3) is 22.5 Å². The molecule has 9 heteroatoms. The first kappa shape index (κ1) is 29.9. The average molecular weight is 567 g/mol. The number of benzene rings is 3. The lowest BCUT2D eigenvalue weighted by Gasteiger charge is -2.20. The molecule has 0 aliphatic heterocycles. The van der Waals surface area contributed by atoms with E-state index >= 15 is 0 Å². The first-order valence-electron chi connectivity index (χ1n) is 13.6. The average Bonchev–Trinajstić information content (AvgIpc) is 2.97. The number of phenolic OH excluding ortho intramolecular Hbond substituents is 1. The maximum atomic E-state index is 13.1. The van der Waals surface area contributed by atoms with E-state index in [1.165, 1.54) is 0 Å². The van der Waals surface area contributed by atoms with Crippen LogP contribution < -0.4 is 10.6 Å². The largest absolute Gasteiger partial charge is 0.508 e. The Morgan fingerprint density at radius 3 is 1.98 bits per heavy atom. The van der Waals surface area contributed by atoms with Gasteiger partial charge in [0.05, 0.1) is 6.42 Å². The van der Waals surface area contributed by atoms with Crippen molar-refractivity contribution in [3.63, 3.8) is 0 Å². The van der Waals surface area contributed by atoms with Crippen LogP contribution >= 0.6 is 0 Å². The summed E-state index contributed by atoms with van der Waals surface area (Å²) in [7, 11) is 0. The molecule has 0 fully saturated rings. The normalized spacial score (nSPS) is 11.9. The lowest BCUT2D eigenvalue weighted by Crippen LogP contribution is -2.48. The molecule has 0 aliphatic carbocycles. The molecule has 3 aromatic carbocycles. The van der Waals surface area contributed by atoms with Crippen LogP contribution in [-0.4, -0.2) is 50.6 Å². The van der Waals surface area contributed by atoms with Gasteiger partial charge >= 0.3 is 5.97 Å². The number of carboxylic acid groups (broad SMARTS) is 1. The summed E-state index contributed by atoms with van der Waals surface area (Å²) in [6, 6.07) is 20.5. The lowest BCUT2D eigenvalue weighted by atomic mass is 9.86. The number of hydrogen-bond donors (Lipinski definition) is 4. The number of nitrogens with one attached hydrogen (secondary N) is 2. The molecule has 0 saturated carbocycles. The molecule has 2 amide bonds. The number of carbonyl (C=O) groups is 3. The molecule has 9 nitrogen and oxygen atoms in total.